The maximum atomic E-state index is 12.7. The maximum absolute atomic E-state index is 12.7. The lowest BCUT2D eigenvalue weighted by atomic mass is 9.93. The number of carbonyl (C=O) groups excluding carboxylic acids is 1. The highest BCUT2D eigenvalue weighted by Gasteiger charge is 2.23. The molecular weight excluding hydrogens is 414 g/mol. The van der Waals surface area contributed by atoms with Crippen molar-refractivity contribution >= 4 is 35.5 Å². The molecule has 4 rings (SSSR count). The quantitative estimate of drug-likeness (QED) is 0.671. The van der Waals surface area contributed by atoms with Crippen molar-refractivity contribution < 1.29 is 19.4 Å². The van der Waals surface area contributed by atoms with E-state index in [1.165, 1.54) is 0 Å². The Hall–Kier alpha value is -3.00. The van der Waals surface area contributed by atoms with Gasteiger partial charge in [0.1, 0.15) is 5.75 Å². The average Bonchev–Trinajstić information content (AvgIpc) is 2.78. The van der Waals surface area contributed by atoms with Crippen molar-refractivity contribution in [1.29, 1.82) is 0 Å². The molecule has 1 amide bonds. The topological polar surface area (TPSA) is 91.2 Å². The second-order valence-electron chi connectivity index (χ2n) is 7.69. The van der Waals surface area contributed by atoms with Gasteiger partial charge in [0.2, 0.25) is 0 Å². The second-order valence-corrected chi connectivity index (χ2v) is 8.91. The molecule has 31 heavy (non-hydrogen) atoms. The number of nitrogens with zero attached hydrogens (tertiary/aromatic N) is 2. The molecule has 0 bridgehead atoms. The van der Waals surface area contributed by atoms with Gasteiger partial charge in [-0.1, -0.05) is 12.1 Å². The van der Waals surface area contributed by atoms with Crippen LogP contribution in [0.25, 0.3) is 0 Å². The highest BCUT2D eigenvalue weighted by atomic mass is 32.2. The molecule has 1 unspecified atom stereocenters. The molecule has 1 atom stereocenters. The predicted octanol–water partition coefficient (Wildman–Crippen LogP) is 3.35. The molecule has 0 aliphatic carbocycles. The number of ether oxygens (including phenoxy) is 1. The van der Waals surface area contributed by atoms with Crippen LogP contribution in [0.4, 0.5) is 5.69 Å². The van der Waals surface area contributed by atoms with Gasteiger partial charge in [-0.3, -0.25) is 14.6 Å². The molecular formula is C23H25N3O4S. The van der Waals surface area contributed by atoms with Gasteiger partial charge in [0.05, 0.1) is 19.2 Å². The number of anilines is 1. The van der Waals surface area contributed by atoms with Gasteiger partial charge in [-0.2, -0.15) is 16.9 Å². The number of fused-ring (bicyclic) bond motifs is 1. The van der Waals surface area contributed by atoms with E-state index >= 15 is 0 Å². The molecule has 0 spiro atoms. The van der Waals surface area contributed by atoms with Crippen molar-refractivity contribution in [3.8, 4) is 5.75 Å². The van der Waals surface area contributed by atoms with Crippen LogP contribution in [0.3, 0.4) is 0 Å². The molecule has 2 aromatic rings. The SMILES string of the molecule is O=C(O)CC1COc2ccc(C(=O)Nc3ccc(C=NN4CCSCC4)cc3)cc2C1. The zero-order chi connectivity index (χ0) is 21.6. The zero-order valence-corrected chi connectivity index (χ0v) is 17.9. The molecule has 8 heteroatoms. The molecule has 2 aliphatic rings. The molecule has 1 fully saturated rings. The summed E-state index contributed by atoms with van der Waals surface area (Å²) in [6, 6.07) is 12.9. The fraction of sp³-hybridized carbons (Fsp3) is 0.348. The molecule has 0 aromatic heterocycles. The van der Waals surface area contributed by atoms with Crippen LogP contribution in [0.15, 0.2) is 47.6 Å². The summed E-state index contributed by atoms with van der Waals surface area (Å²) >= 11 is 1.95. The van der Waals surface area contributed by atoms with Crippen LogP contribution in [0.5, 0.6) is 5.75 Å². The number of hydrogen-bond acceptors (Lipinski definition) is 6. The number of carboxylic acid groups (broad SMARTS) is 1. The van der Waals surface area contributed by atoms with E-state index in [2.05, 4.69) is 15.4 Å². The first-order chi connectivity index (χ1) is 15.1. The Morgan fingerprint density at radius 1 is 1.19 bits per heavy atom. The largest absolute Gasteiger partial charge is 0.493 e. The number of benzene rings is 2. The molecule has 2 N–H and O–H groups in total. The third-order valence-electron chi connectivity index (χ3n) is 5.30. The van der Waals surface area contributed by atoms with E-state index in [0.29, 0.717) is 30.0 Å². The monoisotopic (exact) mass is 439 g/mol. The van der Waals surface area contributed by atoms with Gasteiger partial charge in [0, 0.05) is 41.8 Å². The van der Waals surface area contributed by atoms with Crippen LogP contribution in [0.2, 0.25) is 0 Å². The number of hydrogen-bond donors (Lipinski definition) is 2. The van der Waals surface area contributed by atoms with Crippen molar-refractivity contribution in [2.24, 2.45) is 11.0 Å². The third kappa shape index (κ3) is 5.79. The van der Waals surface area contributed by atoms with Crippen molar-refractivity contribution in [3.63, 3.8) is 0 Å². The minimum absolute atomic E-state index is 0.0578. The Morgan fingerprint density at radius 3 is 2.71 bits per heavy atom. The molecule has 1 saturated heterocycles. The van der Waals surface area contributed by atoms with Crippen LogP contribution in [-0.2, 0) is 11.2 Å². The summed E-state index contributed by atoms with van der Waals surface area (Å²) in [7, 11) is 0. The Morgan fingerprint density at radius 2 is 1.97 bits per heavy atom. The van der Waals surface area contributed by atoms with Gasteiger partial charge in [0.15, 0.2) is 0 Å². The molecule has 162 valence electrons. The molecule has 2 aliphatic heterocycles. The van der Waals surface area contributed by atoms with Gasteiger partial charge in [-0.25, -0.2) is 0 Å². The molecule has 0 saturated carbocycles. The average molecular weight is 440 g/mol. The maximum Gasteiger partial charge on any atom is 0.303 e. The van der Waals surface area contributed by atoms with E-state index in [-0.39, 0.29) is 18.2 Å². The number of thioether (sulfide) groups is 1. The van der Waals surface area contributed by atoms with Crippen LogP contribution < -0.4 is 10.1 Å². The summed E-state index contributed by atoms with van der Waals surface area (Å²) in [6.07, 6.45) is 2.49. The number of rotatable bonds is 6. The third-order valence-corrected chi connectivity index (χ3v) is 6.24. The summed E-state index contributed by atoms with van der Waals surface area (Å²) in [5.74, 6) is 1.80. The van der Waals surface area contributed by atoms with Crippen molar-refractivity contribution in [1.82, 2.24) is 5.01 Å². The first kappa shape index (κ1) is 21.2. The van der Waals surface area contributed by atoms with Gasteiger partial charge in [-0.15, -0.1) is 0 Å². The first-order valence-electron chi connectivity index (χ1n) is 10.3. The van der Waals surface area contributed by atoms with E-state index in [1.54, 1.807) is 18.2 Å². The summed E-state index contributed by atoms with van der Waals surface area (Å²) in [4.78, 5) is 23.7. The van der Waals surface area contributed by atoms with Gasteiger partial charge >= 0.3 is 5.97 Å². The molecule has 2 heterocycles. The van der Waals surface area contributed by atoms with Gasteiger partial charge < -0.3 is 15.2 Å². The Balaban J connectivity index is 1.37. The molecule has 7 nitrogen and oxygen atoms in total. The van der Waals surface area contributed by atoms with E-state index in [9.17, 15) is 9.59 Å². The number of carbonyl (C=O) groups is 2. The van der Waals surface area contributed by atoms with Crippen LogP contribution in [-0.4, -0.2) is 59.4 Å². The highest BCUT2D eigenvalue weighted by molar-refractivity contribution is 7.99. The van der Waals surface area contributed by atoms with E-state index < -0.39 is 5.97 Å². The summed E-state index contributed by atoms with van der Waals surface area (Å²) < 4.78 is 5.66. The zero-order valence-electron chi connectivity index (χ0n) is 17.1. The minimum atomic E-state index is -0.839. The van der Waals surface area contributed by atoms with Crippen LogP contribution in [0.1, 0.15) is 27.9 Å². The number of aliphatic carboxylic acids is 1. The lowest BCUT2D eigenvalue weighted by Crippen LogP contribution is -2.27. The smallest absolute Gasteiger partial charge is 0.303 e. The lowest BCUT2D eigenvalue weighted by molar-refractivity contribution is -0.138. The fourth-order valence-corrected chi connectivity index (χ4v) is 4.53. The van der Waals surface area contributed by atoms with Crippen molar-refractivity contribution in [2.45, 2.75) is 12.8 Å². The van der Waals surface area contributed by atoms with Crippen molar-refractivity contribution in [3.05, 3.63) is 59.2 Å². The van der Waals surface area contributed by atoms with E-state index in [4.69, 9.17) is 9.84 Å². The fourth-order valence-electron chi connectivity index (χ4n) is 3.65. The number of nitrogens with one attached hydrogen (secondary N) is 1. The normalized spacial score (nSPS) is 18.3. The molecule has 2 aromatic carbocycles. The summed E-state index contributed by atoms with van der Waals surface area (Å²) in [5, 5.41) is 18.5. The van der Waals surface area contributed by atoms with Gasteiger partial charge in [-0.05, 0) is 47.9 Å². The first-order valence-corrected chi connectivity index (χ1v) is 11.5. The Kier molecular flexibility index (Phi) is 6.76. The number of hydrazone groups is 1. The minimum Gasteiger partial charge on any atom is -0.493 e. The summed E-state index contributed by atoms with van der Waals surface area (Å²) in [6.45, 7) is 2.33. The number of amides is 1. The van der Waals surface area contributed by atoms with E-state index in [0.717, 1.165) is 35.7 Å². The van der Waals surface area contributed by atoms with E-state index in [1.807, 2.05) is 42.2 Å². The predicted molar refractivity (Wildman–Crippen MR) is 122 cm³/mol. The van der Waals surface area contributed by atoms with Gasteiger partial charge in [0.25, 0.3) is 5.91 Å². The highest BCUT2D eigenvalue weighted by Crippen LogP contribution is 2.30. The lowest BCUT2D eigenvalue weighted by Gasteiger charge is -2.24. The summed E-state index contributed by atoms with van der Waals surface area (Å²) in [5.41, 5.74) is 3.07. The standard InChI is InChI=1S/C23H25N3O4S/c27-22(28)12-17-11-19-13-18(3-6-21(19)30-15-17)23(29)25-20-4-1-16(2-5-20)14-24-26-7-9-31-10-8-26/h1-6,13-14,17H,7-12,15H2,(H,25,29)(H,27,28). The Bertz CT molecular complexity index is 971. The second kappa shape index (κ2) is 9.87. The van der Waals surface area contributed by atoms with Crippen LogP contribution in [0, 0.1) is 5.92 Å². The number of carboxylic acids is 1. The molecule has 0 radical (unpaired) electrons. The Labute approximate surface area is 185 Å². The van der Waals surface area contributed by atoms with Crippen LogP contribution >= 0.6 is 11.8 Å². The van der Waals surface area contributed by atoms with Crippen molar-refractivity contribution in [2.75, 3.05) is 36.5 Å².